The third-order valence-corrected chi connectivity index (χ3v) is 3.53. The van der Waals surface area contributed by atoms with Crippen LogP contribution in [-0.4, -0.2) is 28.5 Å². The van der Waals surface area contributed by atoms with Crippen LogP contribution < -0.4 is 11.1 Å². The van der Waals surface area contributed by atoms with Crippen LogP contribution in [0.4, 0.5) is 0 Å². The highest BCUT2D eigenvalue weighted by Crippen LogP contribution is 2.11. The van der Waals surface area contributed by atoms with Crippen molar-refractivity contribution in [3.63, 3.8) is 0 Å². The number of imidazole rings is 1. The van der Waals surface area contributed by atoms with Crippen molar-refractivity contribution in [3.8, 4) is 0 Å². The van der Waals surface area contributed by atoms with Crippen LogP contribution in [0.2, 0.25) is 0 Å². The van der Waals surface area contributed by atoms with Crippen molar-refractivity contribution in [2.45, 2.75) is 38.6 Å². The van der Waals surface area contributed by atoms with Crippen molar-refractivity contribution in [1.82, 2.24) is 14.9 Å². The summed E-state index contributed by atoms with van der Waals surface area (Å²) in [6.45, 7) is 2.29. The van der Waals surface area contributed by atoms with E-state index in [4.69, 9.17) is 5.73 Å². The van der Waals surface area contributed by atoms with Gasteiger partial charge in [-0.15, -0.1) is 0 Å². The van der Waals surface area contributed by atoms with E-state index >= 15 is 0 Å². The Kier molecular flexibility index (Phi) is 6.22. The van der Waals surface area contributed by atoms with Crippen LogP contribution in [0, 0.1) is 0 Å². The van der Waals surface area contributed by atoms with Crippen molar-refractivity contribution in [1.29, 1.82) is 0 Å². The highest BCUT2D eigenvalue weighted by atomic mass is 16.1. The molecule has 0 fully saturated rings. The molecule has 1 heterocycles. The highest BCUT2D eigenvalue weighted by Gasteiger charge is 2.02. The maximum Gasteiger partial charge on any atom is 0.219 e. The van der Waals surface area contributed by atoms with E-state index in [1.54, 1.807) is 0 Å². The number of aromatic nitrogens is 2. The summed E-state index contributed by atoms with van der Waals surface area (Å²) in [5, 5.41) is 2.97. The van der Waals surface area contributed by atoms with Crippen molar-refractivity contribution >= 4 is 16.9 Å². The van der Waals surface area contributed by atoms with Crippen LogP contribution in [0.3, 0.4) is 0 Å². The lowest BCUT2D eigenvalue weighted by Gasteiger charge is -2.06. The molecule has 1 aromatic carbocycles. The fraction of sp³-hybridized carbons (Fsp3) is 0.500. The molecular weight excluding hydrogens is 264 g/mol. The number of fused-ring (bicyclic) bond motifs is 1. The summed E-state index contributed by atoms with van der Waals surface area (Å²) in [4.78, 5) is 16.0. The van der Waals surface area contributed by atoms with Gasteiger partial charge in [0.1, 0.15) is 0 Å². The van der Waals surface area contributed by atoms with Gasteiger partial charge in [0.2, 0.25) is 5.91 Å². The second-order valence-corrected chi connectivity index (χ2v) is 5.23. The summed E-state index contributed by atoms with van der Waals surface area (Å²) < 4.78 is 2.13. The number of amides is 1. The molecule has 5 heteroatoms. The lowest BCUT2D eigenvalue weighted by atomic mass is 10.2. The number of nitrogens with one attached hydrogen (secondary N) is 1. The van der Waals surface area contributed by atoms with Crippen LogP contribution in [0.15, 0.2) is 30.6 Å². The van der Waals surface area contributed by atoms with Crippen LogP contribution in [0.1, 0.15) is 32.1 Å². The van der Waals surface area contributed by atoms with Crippen LogP contribution in [0.5, 0.6) is 0 Å². The molecule has 0 spiro atoms. The molecule has 0 aliphatic carbocycles. The largest absolute Gasteiger partial charge is 0.356 e. The number of rotatable bonds is 9. The summed E-state index contributed by atoms with van der Waals surface area (Å²) in [5.41, 5.74) is 7.58. The third-order valence-electron chi connectivity index (χ3n) is 3.53. The first kappa shape index (κ1) is 15.5. The Bertz CT molecular complexity index is 564. The van der Waals surface area contributed by atoms with Crippen LogP contribution >= 0.6 is 0 Å². The lowest BCUT2D eigenvalue weighted by Crippen LogP contribution is -2.24. The molecule has 0 atom stereocenters. The molecule has 0 aliphatic rings. The molecule has 21 heavy (non-hydrogen) atoms. The number of nitrogens with two attached hydrogens (primary N) is 1. The number of nitrogens with zero attached hydrogens (tertiary/aromatic N) is 2. The van der Waals surface area contributed by atoms with Gasteiger partial charge in [-0.25, -0.2) is 4.98 Å². The first-order valence-corrected chi connectivity index (χ1v) is 7.68. The lowest BCUT2D eigenvalue weighted by molar-refractivity contribution is -0.121. The number of hydrogen-bond donors (Lipinski definition) is 2. The second kappa shape index (κ2) is 8.42. The fourth-order valence-electron chi connectivity index (χ4n) is 2.36. The Hall–Kier alpha value is -1.88. The summed E-state index contributed by atoms with van der Waals surface area (Å²) in [5.74, 6) is 0.141. The van der Waals surface area contributed by atoms with Crippen molar-refractivity contribution in [3.05, 3.63) is 30.6 Å². The van der Waals surface area contributed by atoms with Gasteiger partial charge in [0.05, 0.1) is 17.4 Å². The van der Waals surface area contributed by atoms with Gasteiger partial charge in [-0.1, -0.05) is 18.6 Å². The number of aryl methyl sites for hydroxylation is 1. The van der Waals surface area contributed by atoms with E-state index in [2.05, 4.69) is 20.9 Å². The Morgan fingerprint density at radius 1 is 1.19 bits per heavy atom. The van der Waals surface area contributed by atoms with Gasteiger partial charge in [-0.2, -0.15) is 0 Å². The zero-order chi connectivity index (χ0) is 14.9. The zero-order valence-corrected chi connectivity index (χ0v) is 12.4. The number of carbonyl (C=O) groups is 1. The molecule has 3 N–H and O–H groups in total. The van der Waals surface area contributed by atoms with E-state index in [0.29, 0.717) is 19.5 Å². The first-order valence-electron chi connectivity index (χ1n) is 7.68. The summed E-state index contributed by atoms with van der Waals surface area (Å²) >= 11 is 0. The quantitative estimate of drug-likeness (QED) is 0.694. The molecule has 2 aromatic rings. The molecule has 0 saturated carbocycles. The number of benzene rings is 1. The molecule has 0 bridgehead atoms. The van der Waals surface area contributed by atoms with E-state index in [1.165, 1.54) is 0 Å². The minimum atomic E-state index is 0.141. The summed E-state index contributed by atoms with van der Waals surface area (Å²) in [6, 6.07) is 8.08. The fourth-order valence-corrected chi connectivity index (χ4v) is 2.36. The second-order valence-electron chi connectivity index (χ2n) is 5.23. The van der Waals surface area contributed by atoms with Crippen molar-refractivity contribution in [2.75, 3.05) is 13.1 Å². The van der Waals surface area contributed by atoms with E-state index in [-0.39, 0.29) is 5.91 Å². The van der Waals surface area contributed by atoms with Crippen LogP contribution in [-0.2, 0) is 11.3 Å². The maximum atomic E-state index is 11.6. The minimum absolute atomic E-state index is 0.141. The minimum Gasteiger partial charge on any atom is -0.356 e. The average Bonchev–Trinajstić information content (AvgIpc) is 2.91. The Morgan fingerprint density at radius 2 is 2.05 bits per heavy atom. The Balaban J connectivity index is 1.64. The molecule has 5 nitrogen and oxygen atoms in total. The molecular formula is C16H24N4O. The van der Waals surface area contributed by atoms with E-state index in [9.17, 15) is 4.79 Å². The molecule has 114 valence electrons. The Labute approximate surface area is 125 Å². The average molecular weight is 288 g/mol. The third kappa shape index (κ3) is 4.86. The zero-order valence-electron chi connectivity index (χ0n) is 12.4. The standard InChI is InChI=1S/C16H24N4O/c17-10-5-1-2-9-16(21)18-11-6-12-20-13-19-14-7-3-4-8-15(14)20/h3-4,7-8,13H,1-2,5-6,9-12,17H2,(H,18,21). The number of unbranched alkanes of at least 4 members (excludes halogenated alkanes) is 2. The number of carbonyl (C=O) groups excluding carboxylic acids is 1. The highest BCUT2D eigenvalue weighted by molar-refractivity contribution is 5.76. The van der Waals surface area contributed by atoms with Gasteiger partial charge in [0, 0.05) is 19.5 Å². The monoisotopic (exact) mass is 288 g/mol. The van der Waals surface area contributed by atoms with E-state index in [1.807, 2.05) is 24.5 Å². The van der Waals surface area contributed by atoms with Gasteiger partial charge in [0.25, 0.3) is 0 Å². The predicted molar refractivity (Wildman–Crippen MR) is 84.9 cm³/mol. The topological polar surface area (TPSA) is 72.9 Å². The predicted octanol–water partition coefficient (Wildman–Crippen LogP) is 2.06. The van der Waals surface area contributed by atoms with Crippen LogP contribution in [0.25, 0.3) is 11.0 Å². The van der Waals surface area contributed by atoms with E-state index in [0.717, 1.165) is 43.3 Å². The molecule has 1 amide bonds. The van der Waals surface area contributed by atoms with Gasteiger partial charge in [-0.3, -0.25) is 4.79 Å². The maximum absolute atomic E-state index is 11.6. The van der Waals surface area contributed by atoms with Gasteiger partial charge < -0.3 is 15.6 Å². The van der Waals surface area contributed by atoms with Gasteiger partial charge in [-0.05, 0) is 37.9 Å². The molecule has 1 aromatic heterocycles. The van der Waals surface area contributed by atoms with E-state index < -0.39 is 0 Å². The normalized spacial score (nSPS) is 10.9. The first-order chi connectivity index (χ1) is 10.3. The molecule has 0 unspecified atom stereocenters. The molecule has 0 radical (unpaired) electrons. The smallest absolute Gasteiger partial charge is 0.219 e. The summed E-state index contributed by atoms with van der Waals surface area (Å²) in [7, 11) is 0. The van der Waals surface area contributed by atoms with Crippen molar-refractivity contribution in [2.24, 2.45) is 5.73 Å². The van der Waals surface area contributed by atoms with Crippen molar-refractivity contribution < 1.29 is 4.79 Å². The number of hydrogen-bond acceptors (Lipinski definition) is 3. The van der Waals surface area contributed by atoms with Gasteiger partial charge in [0.15, 0.2) is 0 Å². The summed E-state index contributed by atoms with van der Waals surface area (Å²) in [6.07, 6.45) is 6.34. The van der Waals surface area contributed by atoms with Gasteiger partial charge >= 0.3 is 0 Å². The molecule has 0 aliphatic heterocycles. The SMILES string of the molecule is NCCCCCC(=O)NCCCn1cnc2ccccc21. The molecule has 0 saturated heterocycles. The number of para-hydroxylation sites is 2. The molecule has 2 rings (SSSR count). The Morgan fingerprint density at radius 3 is 2.90 bits per heavy atom.